The summed E-state index contributed by atoms with van der Waals surface area (Å²) in [6, 6.07) is 2.39. The van der Waals surface area contributed by atoms with Gasteiger partial charge in [-0.25, -0.2) is 0 Å². The van der Waals surface area contributed by atoms with Crippen LogP contribution in [-0.4, -0.2) is 25.3 Å². The van der Waals surface area contributed by atoms with Crippen LogP contribution in [-0.2, 0) is 4.74 Å². The number of nitrogens with zero attached hydrogens (tertiary/aromatic N) is 1. The highest BCUT2D eigenvalue weighted by molar-refractivity contribution is 5.05. The van der Waals surface area contributed by atoms with Crippen LogP contribution in [0.3, 0.4) is 0 Å². The molecule has 0 spiro atoms. The fourth-order valence-corrected chi connectivity index (χ4v) is 1.63. The van der Waals surface area contributed by atoms with Crippen LogP contribution in [0.2, 0.25) is 0 Å². The fraction of sp³-hybridized carbons (Fsp3) is 0.917. The lowest BCUT2D eigenvalue weighted by molar-refractivity contribution is 0.125. The standard InChI is InChI=1S/C12H24N2O/c1-4-9-15-10-7-8-12(5-2,11-13)14-6-3/h14H,4-10H2,1-3H3. The monoisotopic (exact) mass is 212 g/mol. The lowest BCUT2D eigenvalue weighted by Gasteiger charge is -2.25. The van der Waals surface area contributed by atoms with Crippen molar-refractivity contribution >= 4 is 0 Å². The summed E-state index contributed by atoms with van der Waals surface area (Å²) in [5.41, 5.74) is -0.343. The molecule has 3 nitrogen and oxygen atoms in total. The molecular weight excluding hydrogens is 188 g/mol. The summed E-state index contributed by atoms with van der Waals surface area (Å²) in [4.78, 5) is 0. The van der Waals surface area contributed by atoms with Gasteiger partial charge in [0.1, 0.15) is 5.54 Å². The highest BCUT2D eigenvalue weighted by atomic mass is 16.5. The molecule has 0 saturated heterocycles. The van der Waals surface area contributed by atoms with Crippen molar-refractivity contribution < 1.29 is 4.74 Å². The Kier molecular flexibility index (Phi) is 8.35. The molecule has 0 aliphatic rings. The third-order valence-electron chi connectivity index (χ3n) is 2.57. The molecule has 0 amide bonds. The molecule has 0 aliphatic heterocycles. The van der Waals surface area contributed by atoms with Crippen molar-refractivity contribution in [1.29, 1.82) is 5.26 Å². The Balaban J connectivity index is 3.81. The molecule has 0 aromatic rings. The van der Waals surface area contributed by atoms with Crippen molar-refractivity contribution in [3.8, 4) is 6.07 Å². The van der Waals surface area contributed by atoms with Crippen molar-refractivity contribution in [2.75, 3.05) is 19.8 Å². The van der Waals surface area contributed by atoms with Crippen molar-refractivity contribution in [2.45, 2.75) is 52.0 Å². The lowest BCUT2D eigenvalue weighted by atomic mass is 9.92. The van der Waals surface area contributed by atoms with Crippen LogP contribution in [0.5, 0.6) is 0 Å². The normalized spacial score (nSPS) is 14.5. The first-order valence-electron chi connectivity index (χ1n) is 5.98. The lowest BCUT2D eigenvalue weighted by Crippen LogP contribution is -2.43. The Hall–Kier alpha value is -0.590. The fourth-order valence-electron chi connectivity index (χ4n) is 1.63. The molecule has 0 heterocycles. The topological polar surface area (TPSA) is 45.0 Å². The van der Waals surface area contributed by atoms with Crippen LogP contribution in [0, 0.1) is 11.3 Å². The number of rotatable bonds is 9. The van der Waals surface area contributed by atoms with Crippen LogP contribution in [0.25, 0.3) is 0 Å². The number of hydrogen-bond acceptors (Lipinski definition) is 3. The SMILES string of the molecule is CCCOCCCC(C#N)(CC)NCC. The van der Waals surface area contributed by atoms with E-state index < -0.39 is 0 Å². The van der Waals surface area contributed by atoms with Crippen molar-refractivity contribution in [3.05, 3.63) is 0 Å². The first kappa shape index (κ1) is 14.4. The molecule has 0 aromatic heterocycles. The Morgan fingerprint density at radius 3 is 2.47 bits per heavy atom. The highest BCUT2D eigenvalue weighted by Crippen LogP contribution is 2.16. The van der Waals surface area contributed by atoms with Crippen LogP contribution in [0.15, 0.2) is 0 Å². The summed E-state index contributed by atoms with van der Waals surface area (Å²) < 4.78 is 5.41. The summed E-state index contributed by atoms with van der Waals surface area (Å²) in [5, 5.41) is 12.4. The van der Waals surface area contributed by atoms with Crippen LogP contribution >= 0.6 is 0 Å². The summed E-state index contributed by atoms with van der Waals surface area (Å²) in [6.07, 6.45) is 3.74. The second-order valence-corrected chi connectivity index (χ2v) is 3.79. The molecule has 1 unspecified atom stereocenters. The second kappa shape index (κ2) is 8.70. The third kappa shape index (κ3) is 5.76. The van der Waals surface area contributed by atoms with E-state index in [1.165, 1.54) is 0 Å². The molecule has 0 aliphatic carbocycles. The molecule has 1 N–H and O–H groups in total. The molecule has 1 atom stereocenters. The molecule has 0 bridgehead atoms. The van der Waals surface area contributed by atoms with Gasteiger partial charge in [-0.05, 0) is 32.2 Å². The van der Waals surface area contributed by atoms with E-state index in [-0.39, 0.29) is 5.54 Å². The summed E-state index contributed by atoms with van der Waals surface area (Å²) >= 11 is 0. The molecule has 88 valence electrons. The van der Waals surface area contributed by atoms with Gasteiger partial charge in [0.2, 0.25) is 0 Å². The minimum atomic E-state index is -0.343. The van der Waals surface area contributed by atoms with Gasteiger partial charge in [-0.15, -0.1) is 0 Å². The largest absolute Gasteiger partial charge is 0.381 e. The summed E-state index contributed by atoms with van der Waals surface area (Å²) in [7, 11) is 0. The van der Waals surface area contributed by atoms with Gasteiger partial charge in [-0.2, -0.15) is 5.26 Å². The van der Waals surface area contributed by atoms with E-state index >= 15 is 0 Å². The first-order valence-corrected chi connectivity index (χ1v) is 5.98. The molecule has 3 heteroatoms. The predicted octanol–water partition coefficient (Wildman–Crippen LogP) is 2.48. The van der Waals surface area contributed by atoms with Gasteiger partial charge in [0.05, 0.1) is 6.07 Å². The van der Waals surface area contributed by atoms with E-state index in [0.717, 1.165) is 45.4 Å². The zero-order valence-corrected chi connectivity index (χ0v) is 10.3. The molecule has 15 heavy (non-hydrogen) atoms. The number of hydrogen-bond donors (Lipinski definition) is 1. The van der Waals surface area contributed by atoms with Gasteiger partial charge in [-0.1, -0.05) is 20.8 Å². The molecule has 0 saturated carbocycles. The van der Waals surface area contributed by atoms with Crippen LogP contribution in [0.1, 0.15) is 46.5 Å². The zero-order chi connectivity index (χ0) is 11.6. The number of ether oxygens (including phenoxy) is 1. The smallest absolute Gasteiger partial charge is 0.106 e. The minimum Gasteiger partial charge on any atom is -0.381 e. The highest BCUT2D eigenvalue weighted by Gasteiger charge is 2.25. The zero-order valence-electron chi connectivity index (χ0n) is 10.3. The first-order chi connectivity index (χ1) is 7.24. The van der Waals surface area contributed by atoms with E-state index in [1.54, 1.807) is 0 Å². The Morgan fingerprint density at radius 2 is 2.00 bits per heavy atom. The van der Waals surface area contributed by atoms with E-state index in [0.29, 0.717) is 0 Å². The Labute approximate surface area is 93.8 Å². The van der Waals surface area contributed by atoms with Crippen LogP contribution in [0.4, 0.5) is 0 Å². The average Bonchev–Trinajstić information content (AvgIpc) is 2.27. The van der Waals surface area contributed by atoms with Gasteiger partial charge < -0.3 is 4.74 Å². The number of nitrogens with one attached hydrogen (secondary N) is 1. The molecule has 0 fully saturated rings. The van der Waals surface area contributed by atoms with Crippen LogP contribution < -0.4 is 5.32 Å². The van der Waals surface area contributed by atoms with Gasteiger partial charge in [0.25, 0.3) is 0 Å². The maximum absolute atomic E-state index is 9.16. The number of nitriles is 1. The van der Waals surface area contributed by atoms with Crippen molar-refractivity contribution in [3.63, 3.8) is 0 Å². The van der Waals surface area contributed by atoms with E-state index in [4.69, 9.17) is 10.00 Å². The van der Waals surface area contributed by atoms with E-state index in [9.17, 15) is 0 Å². The van der Waals surface area contributed by atoms with E-state index in [1.807, 2.05) is 6.92 Å². The third-order valence-corrected chi connectivity index (χ3v) is 2.57. The summed E-state index contributed by atoms with van der Waals surface area (Å²) in [6.45, 7) is 8.63. The summed E-state index contributed by atoms with van der Waals surface area (Å²) in [5.74, 6) is 0. The van der Waals surface area contributed by atoms with Gasteiger partial charge >= 0.3 is 0 Å². The average molecular weight is 212 g/mol. The Bertz CT molecular complexity index is 189. The molecule has 0 radical (unpaired) electrons. The minimum absolute atomic E-state index is 0.343. The molecule has 0 aromatic carbocycles. The van der Waals surface area contributed by atoms with Crippen molar-refractivity contribution in [2.24, 2.45) is 0 Å². The predicted molar refractivity (Wildman–Crippen MR) is 62.7 cm³/mol. The van der Waals surface area contributed by atoms with Gasteiger partial charge in [0.15, 0.2) is 0 Å². The van der Waals surface area contributed by atoms with Gasteiger partial charge in [0, 0.05) is 13.2 Å². The maximum Gasteiger partial charge on any atom is 0.106 e. The second-order valence-electron chi connectivity index (χ2n) is 3.79. The van der Waals surface area contributed by atoms with E-state index in [2.05, 4.69) is 25.2 Å². The Morgan fingerprint density at radius 1 is 1.27 bits per heavy atom. The molecule has 0 rings (SSSR count). The molecular formula is C12H24N2O. The van der Waals surface area contributed by atoms with Gasteiger partial charge in [-0.3, -0.25) is 5.32 Å². The maximum atomic E-state index is 9.16. The quantitative estimate of drug-likeness (QED) is 0.597. The van der Waals surface area contributed by atoms with Crippen molar-refractivity contribution in [1.82, 2.24) is 5.32 Å².